The number of nitrogens with one attached hydrogen (secondary N) is 1. The zero-order chi connectivity index (χ0) is 34.4. The van der Waals surface area contributed by atoms with Crippen molar-refractivity contribution in [2.24, 2.45) is 0 Å². The van der Waals surface area contributed by atoms with Gasteiger partial charge in [0.05, 0.1) is 34.2 Å². The number of benzene rings is 2. The first-order chi connectivity index (χ1) is 22.1. The monoisotopic (exact) mass is 657 g/mol. The van der Waals surface area contributed by atoms with Gasteiger partial charge in [-0.2, -0.15) is 4.98 Å². The summed E-state index contributed by atoms with van der Waals surface area (Å²) in [5.41, 5.74) is 3.52. The van der Waals surface area contributed by atoms with Crippen LogP contribution in [0.25, 0.3) is 28.0 Å². The number of ether oxygens (including phenoxy) is 1. The maximum atomic E-state index is 14.4. The van der Waals surface area contributed by atoms with E-state index in [-0.39, 0.29) is 17.9 Å². The van der Waals surface area contributed by atoms with Crippen molar-refractivity contribution < 1.29 is 14.3 Å². The average Bonchev–Trinajstić information content (AvgIpc) is 3.00. The molecule has 3 heterocycles. The third-order valence-electron chi connectivity index (χ3n) is 8.59. The van der Waals surface area contributed by atoms with Gasteiger partial charge in [-0.05, 0) is 69.7 Å². The van der Waals surface area contributed by atoms with Gasteiger partial charge in [0.2, 0.25) is 0 Å². The van der Waals surface area contributed by atoms with E-state index in [1.165, 1.54) is 4.57 Å². The Morgan fingerprint density at radius 2 is 1.68 bits per heavy atom. The van der Waals surface area contributed by atoms with Crippen molar-refractivity contribution in [2.75, 3.05) is 6.54 Å². The molecule has 3 atom stereocenters. The van der Waals surface area contributed by atoms with Crippen LogP contribution in [0.2, 0.25) is 5.02 Å². The third-order valence-corrected chi connectivity index (χ3v) is 8.88. The summed E-state index contributed by atoms with van der Waals surface area (Å²) >= 11 is 7.08. The van der Waals surface area contributed by atoms with Crippen molar-refractivity contribution >= 4 is 35.0 Å². The molecule has 3 unspecified atom stereocenters. The molecular weight excluding hydrogens is 614 g/mol. The molecule has 5 rings (SSSR count). The van der Waals surface area contributed by atoms with Gasteiger partial charge in [-0.15, -0.1) is 0 Å². The molecule has 47 heavy (non-hydrogen) atoms. The highest BCUT2D eigenvalue weighted by Gasteiger charge is 2.39. The number of carbonyl (C=O) groups excluding carboxylic acids is 2. The number of rotatable bonds is 6. The second kappa shape index (κ2) is 13.2. The van der Waals surface area contributed by atoms with E-state index in [1.54, 1.807) is 17.0 Å². The summed E-state index contributed by atoms with van der Waals surface area (Å²) in [4.78, 5) is 51.7. The largest absolute Gasteiger partial charge is 0.444 e. The van der Waals surface area contributed by atoms with Gasteiger partial charge in [0.1, 0.15) is 5.60 Å². The number of halogens is 1. The first-order valence-electron chi connectivity index (χ1n) is 16.2. The fraction of sp³-hybridized carbons (Fsp3) is 0.432. The maximum absolute atomic E-state index is 14.4. The number of piperazine rings is 1. The van der Waals surface area contributed by atoms with E-state index in [9.17, 15) is 14.4 Å². The summed E-state index contributed by atoms with van der Waals surface area (Å²) in [6.07, 6.45) is 0.315. The molecule has 1 saturated heterocycles. The van der Waals surface area contributed by atoms with Gasteiger partial charge >= 0.3 is 11.8 Å². The van der Waals surface area contributed by atoms with E-state index in [4.69, 9.17) is 21.3 Å². The van der Waals surface area contributed by atoms with Gasteiger partial charge in [0.15, 0.2) is 11.9 Å². The Morgan fingerprint density at radius 1 is 1.02 bits per heavy atom. The van der Waals surface area contributed by atoms with Crippen LogP contribution >= 0.6 is 11.6 Å². The van der Waals surface area contributed by atoms with Gasteiger partial charge in [0.25, 0.3) is 0 Å². The van der Waals surface area contributed by atoms with Crippen molar-refractivity contribution in [1.82, 2.24) is 24.8 Å². The predicted molar refractivity (Wildman–Crippen MR) is 187 cm³/mol. The molecule has 0 saturated carbocycles. The number of aromatic nitrogens is 3. The van der Waals surface area contributed by atoms with Gasteiger partial charge in [-0.1, -0.05) is 75.7 Å². The molecule has 0 aliphatic carbocycles. The Bertz CT molecular complexity index is 1890. The minimum Gasteiger partial charge on any atom is -0.444 e. The minimum atomic E-state index is -0.675. The average molecular weight is 658 g/mol. The molecule has 9 nitrogen and oxygen atoms in total. The first kappa shape index (κ1) is 34.3. The molecule has 248 valence electrons. The van der Waals surface area contributed by atoms with Crippen molar-refractivity contribution in [3.8, 4) is 16.9 Å². The molecule has 1 amide bonds. The van der Waals surface area contributed by atoms with Crippen LogP contribution < -0.4 is 11.0 Å². The molecular formula is C37H44ClN5O4. The fourth-order valence-electron chi connectivity index (χ4n) is 6.39. The number of amides is 1. The van der Waals surface area contributed by atoms with Crippen LogP contribution in [0.4, 0.5) is 4.79 Å². The summed E-state index contributed by atoms with van der Waals surface area (Å²) < 4.78 is 7.19. The highest BCUT2D eigenvalue weighted by molar-refractivity contribution is 6.33. The maximum Gasteiger partial charge on any atom is 0.410 e. The first-order valence-corrected chi connectivity index (χ1v) is 16.6. The zero-order valence-electron chi connectivity index (χ0n) is 28.6. The van der Waals surface area contributed by atoms with Crippen molar-refractivity contribution in [2.45, 2.75) is 97.9 Å². The quantitative estimate of drug-likeness (QED) is 0.211. The molecule has 1 aliphatic heterocycles. The van der Waals surface area contributed by atoms with Crippen LogP contribution in [-0.4, -0.2) is 56.0 Å². The summed E-state index contributed by atoms with van der Waals surface area (Å²) in [7, 11) is 0. The Hall–Kier alpha value is -4.08. The van der Waals surface area contributed by atoms with E-state index in [0.29, 0.717) is 45.2 Å². The van der Waals surface area contributed by atoms with Crippen LogP contribution in [0.15, 0.2) is 53.3 Å². The second-order valence-corrected chi connectivity index (χ2v) is 14.4. The highest BCUT2D eigenvalue weighted by Crippen LogP contribution is 2.38. The lowest BCUT2D eigenvalue weighted by molar-refractivity contribution is 0.00291. The molecule has 0 spiro atoms. The van der Waals surface area contributed by atoms with Crippen LogP contribution in [-0.2, 0) is 4.74 Å². The van der Waals surface area contributed by atoms with Gasteiger partial charge in [-0.25, -0.2) is 19.1 Å². The second-order valence-electron chi connectivity index (χ2n) is 14.0. The Kier molecular flexibility index (Phi) is 9.62. The zero-order valence-corrected chi connectivity index (χ0v) is 29.3. The topological polar surface area (TPSA) is 106 Å². The number of para-hydroxylation sites is 1. The fourth-order valence-corrected chi connectivity index (χ4v) is 6.65. The van der Waals surface area contributed by atoms with Crippen LogP contribution in [0.1, 0.15) is 107 Å². The Labute approximate surface area is 281 Å². The molecule has 1 N–H and O–H groups in total. The van der Waals surface area contributed by atoms with E-state index in [1.807, 2.05) is 84.9 Å². The Balaban J connectivity index is 1.85. The predicted octanol–water partition coefficient (Wildman–Crippen LogP) is 7.82. The van der Waals surface area contributed by atoms with Crippen molar-refractivity contribution in [1.29, 1.82) is 0 Å². The molecule has 4 aromatic rings. The molecule has 10 heteroatoms. The smallest absolute Gasteiger partial charge is 0.410 e. The number of hydrogen-bond donors (Lipinski definition) is 1. The summed E-state index contributed by atoms with van der Waals surface area (Å²) in [5.74, 6) is 0.175. The Morgan fingerprint density at radius 3 is 2.32 bits per heavy atom. The van der Waals surface area contributed by atoms with Gasteiger partial charge < -0.3 is 15.0 Å². The standard InChI is InChI=1S/C37H44ClN5O4/c1-20(2)25-14-10-11-15-27(25)31-29(38)17-28-32(30-23(6)42(18-22(5)39-30)36(46)47-37(7,8)9)41-35(45)43(34(28)40-31)33-24(19-44)13-12-16-26(33)21(3)4/h10-17,19-23,30,39H,18H2,1-9H3. The minimum absolute atomic E-state index is 0.0109. The SMILES string of the molecule is CC1CN(C(=O)OC(C)(C)C)C(C)C(c2nc(=O)n(-c3c(C=O)cccc3C(C)C)c3nc(-c4ccccc4C(C)C)c(Cl)cc23)N1. The number of carbonyl (C=O) groups is 2. The number of aldehydes is 1. The molecule has 2 aromatic heterocycles. The van der Waals surface area contributed by atoms with E-state index in [2.05, 4.69) is 24.1 Å². The van der Waals surface area contributed by atoms with Crippen molar-refractivity contribution in [3.63, 3.8) is 0 Å². The highest BCUT2D eigenvalue weighted by atomic mass is 35.5. The van der Waals surface area contributed by atoms with Gasteiger partial charge in [0, 0.05) is 29.1 Å². The lowest BCUT2D eigenvalue weighted by Crippen LogP contribution is -2.59. The van der Waals surface area contributed by atoms with E-state index in [0.717, 1.165) is 23.0 Å². The molecule has 1 fully saturated rings. The normalized spacial score (nSPS) is 18.6. The third kappa shape index (κ3) is 6.69. The summed E-state index contributed by atoms with van der Waals surface area (Å²) in [6.45, 7) is 18.0. The van der Waals surface area contributed by atoms with E-state index >= 15 is 0 Å². The number of hydrogen-bond acceptors (Lipinski definition) is 7. The lowest BCUT2D eigenvalue weighted by Gasteiger charge is -2.43. The molecule has 2 aromatic carbocycles. The van der Waals surface area contributed by atoms with Crippen molar-refractivity contribution in [3.05, 3.63) is 86.4 Å². The summed E-state index contributed by atoms with van der Waals surface area (Å²) in [6, 6.07) is 14.1. The van der Waals surface area contributed by atoms with E-state index < -0.39 is 29.5 Å². The molecule has 0 bridgehead atoms. The van der Waals surface area contributed by atoms with Gasteiger partial charge in [-0.3, -0.25) is 4.79 Å². The number of pyridine rings is 1. The number of fused-ring (bicyclic) bond motifs is 1. The van der Waals surface area contributed by atoms with Crippen LogP contribution in [0, 0.1) is 0 Å². The molecule has 1 aliphatic rings. The lowest BCUT2D eigenvalue weighted by atomic mass is 9.94. The van der Waals surface area contributed by atoms with Crippen LogP contribution in [0.5, 0.6) is 0 Å². The number of nitrogens with zero attached hydrogens (tertiary/aromatic N) is 4. The van der Waals surface area contributed by atoms with Crippen LogP contribution in [0.3, 0.4) is 0 Å². The summed E-state index contributed by atoms with van der Waals surface area (Å²) in [5, 5.41) is 4.50. The molecule has 0 radical (unpaired) electrons.